The first kappa shape index (κ1) is 17.3. The van der Waals surface area contributed by atoms with Crippen LogP contribution in [0, 0.1) is 5.92 Å². The zero-order valence-electron chi connectivity index (χ0n) is 13.3. The summed E-state index contributed by atoms with van der Waals surface area (Å²) in [5.41, 5.74) is 0.670. The highest BCUT2D eigenvalue weighted by Crippen LogP contribution is 2.23. The van der Waals surface area contributed by atoms with E-state index in [4.69, 9.17) is 9.47 Å². The molecule has 0 aliphatic rings. The zero-order valence-corrected chi connectivity index (χ0v) is 13.3. The summed E-state index contributed by atoms with van der Waals surface area (Å²) in [7, 11) is 1.66. The molecule has 0 aromatic heterocycles. The molecule has 2 amide bonds. The van der Waals surface area contributed by atoms with Gasteiger partial charge < -0.3 is 20.1 Å². The number of urea groups is 1. The SMILES string of the molecule is COCCCOc1ccccc1NC(=O)NC(C)C(C)C. The Labute approximate surface area is 127 Å². The van der Waals surface area contributed by atoms with Crippen LogP contribution >= 0.6 is 0 Å². The lowest BCUT2D eigenvalue weighted by atomic mass is 10.1. The molecule has 0 saturated heterocycles. The van der Waals surface area contributed by atoms with Crippen LogP contribution in [0.15, 0.2) is 24.3 Å². The van der Waals surface area contributed by atoms with Crippen LogP contribution < -0.4 is 15.4 Å². The van der Waals surface area contributed by atoms with E-state index in [1.54, 1.807) is 7.11 Å². The lowest BCUT2D eigenvalue weighted by Crippen LogP contribution is -2.39. The van der Waals surface area contributed by atoms with Gasteiger partial charge >= 0.3 is 6.03 Å². The predicted molar refractivity (Wildman–Crippen MR) is 84.9 cm³/mol. The number of ether oxygens (including phenoxy) is 2. The first-order valence-corrected chi connectivity index (χ1v) is 7.33. The molecular weight excluding hydrogens is 268 g/mol. The summed E-state index contributed by atoms with van der Waals surface area (Å²) < 4.78 is 10.7. The summed E-state index contributed by atoms with van der Waals surface area (Å²) in [5, 5.41) is 5.74. The molecule has 1 aromatic carbocycles. The minimum atomic E-state index is -0.218. The molecule has 0 aliphatic heterocycles. The fourth-order valence-corrected chi connectivity index (χ4v) is 1.61. The Kier molecular flexibility index (Phi) is 7.61. The number of benzene rings is 1. The average Bonchev–Trinajstić information content (AvgIpc) is 2.45. The van der Waals surface area contributed by atoms with Crippen LogP contribution in [0.4, 0.5) is 10.5 Å². The van der Waals surface area contributed by atoms with Crippen LogP contribution in [0.5, 0.6) is 5.75 Å². The number of hydrogen-bond acceptors (Lipinski definition) is 3. The molecule has 5 heteroatoms. The normalized spacial score (nSPS) is 12.0. The molecule has 1 unspecified atom stereocenters. The van der Waals surface area contributed by atoms with Crippen LogP contribution in [0.1, 0.15) is 27.2 Å². The van der Waals surface area contributed by atoms with Crippen molar-refractivity contribution in [3.05, 3.63) is 24.3 Å². The van der Waals surface area contributed by atoms with Gasteiger partial charge in [-0.2, -0.15) is 0 Å². The number of hydrogen-bond donors (Lipinski definition) is 2. The second-order valence-electron chi connectivity index (χ2n) is 5.32. The highest BCUT2D eigenvalue weighted by Gasteiger charge is 2.12. The second kappa shape index (κ2) is 9.23. The van der Waals surface area contributed by atoms with Gasteiger partial charge in [-0.05, 0) is 25.0 Å². The maximum atomic E-state index is 12.0. The fraction of sp³-hybridized carbons (Fsp3) is 0.562. The van der Waals surface area contributed by atoms with Crippen molar-refractivity contribution >= 4 is 11.7 Å². The molecule has 0 spiro atoms. The van der Waals surface area contributed by atoms with Crippen LogP contribution in [-0.4, -0.2) is 32.4 Å². The van der Waals surface area contributed by atoms with Crippen molar-refractivity contribution < 1.29 is 14.3 Å². The van der Waals surface area contributed by atoms with Crippen LogP contribution in [0.3, 0.4) is 0 Å². The molecule has 5 nitrogen and oxygen atoms in total. The van der Waals surface area contributed by atoms with Gasteiger partial charge in [0.15, 0.2) is 0 Å². The first-order chi connectivity index (χ1) is 10.0. The van der Waals surface area contributed by atoms with Crippen molar-refractivity contribution in [3.8, 4) is 5.75 Å². The quantitative estimate of drug-likeness (QED) is 0.723. The number of rotatable bonds is 8. The summed E-state index contributed by atoms with van der Waals surface area (Å²) in [4.78, 5) is 12.0. The molecule has 0 bridgehead atoms. The molecule has 2 N–H and O–H groups in total. The summed E-state index contributed by atoms with van der Waals surface area (Å²) in [6, 6.07) is 7.30. The molecule has 1 rings (SSSR count). The number of amides is 2. The minimum absolute atomic E-state index is 0.111. The van der Waals surface area contributed by atoms with Crippen LogP contribution in [0.2, 0.25) is 0 Å². The van der Waals surface area contributed by atoms with Crippen molar-refractivity contribution in [1.29, 1.82) is 0 Å². The Morgan fingerprint density at radius 2 is 1.90 bits per heavy atom. The lowest BCUT2D eigenvalue weighted by Gasteiger charge is -2.18. The monoisotopic (exact) mass is 294 g/mol. The molecule has 0 aliphatic carbocycles. The van der Waals surface area contributed by atoms with Crippen LogP contribution in [0.25, 0.3) is 0 Å². The van der Waals surface area contributed by atoms with E-state index in [0.717, 1.165) is 6.42 Å². The van der Waals surface area contributed by atoms with E-state index in [0.29, 0.717) is 30.6 Å². The smallest absolute Gasteiger partial charge is 0.319 e. The molecule has 0 heterocycles. The Balaban J connectivity index is 2.55. The Bertz CT molecular complexity index is 435. The van der Waals surface area contributed by atoms with Crippen molar-refractivity contribution in [1.82, 2.24) is 5.32 Å². The summed E-state index contributed by atoms with van der Waals surface area (Å²) in [5.74, 6) is 1.05. The van der Waals surface area contributed by atoms with Crippen LogP contribution in [-0.2, 0) is 4.74 Å². The highest BCUT2D eigenvalue weighted by atomic mass is 16.5. The Morgan fingerprint density at radius 1 is 1.19 bits per heavy atom. The predicted octanol–water partition coefficient (Wildman–Crippen LogP) is 3.27. The maximum absolute atomic E-state index is 12.0. The van der Waals surface area contributed by atoms with Gasteiger partial charge in [0.2, 0.25) is 0 Å². The molecule has 1 aromatic rings. The number of anilines is 1. The lowest BCUT2D eigenvalue weighted by molar-refractivity contribution is 0.172. The molecule has 1 atom stereocenters. The van der Waals surface area contributed by atoms with E-state index in [-0.39, 0.29) is 12.1 Å². The highest BCUT2D eigenvalue weighted by molar-refractivity contribution is 5.91. The topological polar surface area (TPSA) is 59.6 Å². The first-order valence-electron chi connectivity index (χ1n) is 7.33. The van der Waals surface area contributed by atoms with Gasteiger partial charge in [0.05, 0.1) is 12.3 Å². The average molecular weight is 294 g/mol. The van der Waals surface area contributed by atoms with Gasteiger partial charge in [0.25, 0.3) is 0 Å². The molecule has 0 fully saturated rings. The molecule has 0 radical (unpaired) electrons. The number of carbonyl (C=O) groups is 1. The Hall–Kier alpha value is -1.75. The van der Waals surface area contributed by atoms with Gasteiger partial charge in [-0.3, -0.25) is 0 Å². The van der Waals surface area contributed by atoms with Gasteiger partial charge in [-0.25, -0.2) is 4.79 Å². The van der Waals surface area contributed by atoms with E-state index in [2.05, 4.69) is 24.5 Å². The molecular formula is C16H26N2O3. The fourth-order valence-electron chi connectivity index (χ4n) is 1.61. The van der Waals surface area contributed by atoms with Gasteiger partial charge in [-0.1, -0.05) is 26.0 Å². The third kappa shape index (κ3) is 6.49. The summed E-state index contributed by atoms with van der Waals surface area (Å²) in [6.07, 6.45) is 0.807. The number of nitrogens with one attached hydrogen (secondary N) is 2. The zero-order chi connectivity index (χ0) is 15.7. The Morgan fingerprint density at radius 3 is 2.57 bits per heavy atom. The van der Waals surface area contributed by atoms with E-state index >= 15 is 0 Å². The number of carbonyl (C=O) groups excluding carboxylic acids is 1. The second-order valence-corrected chi connectivity index (χ2v) is 5.32. The number of methoxy groups -OCH3 is 1. The summed E-state index contributed by atoms with van der Waals surface area (Å²) in [6.45, 7) is 7.32. The van der Waals surface area contributed by atoms with Gasteiger partial charge in [-0.15, -0.1) is 0 Å². The maximum Gasteiger partial charge on any atom is 0.319 e. The molecule has 0 saturated carbocycles. The molecule has 21 heavy (non-hydrogen) atoms. The third-order valence-corrected chi connectivity index (χ3v) is 3.24. The van der Waals surface area contributed by atoms with Gasteiger partial charge in [0.1, 0.15) is 5.75 Å². The van der Waals surface area contributed by atoms with Crippen molar-refractivity contribution in [2.24, 2.45) is 5.92 Å². The minimum Gasteiger partial charge on any atom is -0.491 e. The number of para-hydroxylation sites is 2. The van der Waals surface area contributed by atoms with Crippen molar-refractivity contribution in [2.75, 3.05) is 25.6 Å². The summed E-state index contributed by atoms with van der Waals surface area (Å²) >= 11 is 0. The van der Waals surface area contributed by atoms with Crippen molar-refractivity contribution in [3.63, 3.8) is 0 Å². The van der Waals surface area contributed by atoms with Gasteiger partial charge in [0, 0.05) is 26.2 Å². The largest absolute Gasteiger partial charge is 0.491 e. The van der Waals surface area contributed by atoms with E-state index < -0.39 is 0 Å². The van der Waals surface area contributed by atoms with E-state index in [9.17, 15) is 4.79 Å². The standard InChI is InChI=1S/C16H26N2O3/c1-12(2)13(3)17-16(19)18-14-8-5-6-9-15(14)21-11-7-10-20-4/h5-6,8-9,12-13H,7,10-11H2,1-4H3,(H2,17,18,19). The van der Waals surface area contributed by atoms with E-state index in [1.807, 2.05) is 31.2 Å². The van der Waals surface area contributed by atoms with E-state index in [1.165, 1.54) is 0 Å². The molecule has 118 valence electrons. The van der Waals surface area contributed by atoms with Crippen molar-refractivity contribution in [2.45, 2.75) is 33.2 Å². The third-order valence-electron chi connectivity index (χ3n) is 3.24.